The minimum absolute atomic E-state index is 0.0176. The first-order valence-electron chi connectivity index (χ1n) is 12.2. The lowest BCUT2D eigenvalue weighted by atomic mass is 9.94. The Kier molecular flexibility index (Phi) is 6.53. The first kappa shape index (κ1) is 23.8. The van der Waals surface area contributed by atoms with Gasteiger partial charge >= 0.3 is 6.18 Å². The van der Waals surface area contributed by atoms with Crippen LogP contribution >= 0.6 is 0 Å². The van der Waals surface area contributed by atoms with E-state index in [1.54, 1.807) is 4.90 Å². The normalized spacial score (nSPS) is 34.7. The Balaban J connectivity index is 1.44. The van der Waals surface area contributed by atoms with Crippen LogP contribution < -0.4 is 5.73 Å². The molecular weight excluding hydrogens is 421 g/mol. The fourth-order valence-corrected chi connectivity index (χ4v) is 6.37. The van der Waals surface area contributed by atoms with E-state index in [1.165, 1.54) is 0 Å². The van der Waals surface area contributed by atoms with Crippen molar-refractivity contribution in [3.8, 4) is 0 Å². The molecule has 182 valence electrons. The molecule has 0 unspecified atom stereocenters. The molecule has 2 amide bonds. The summed E-state index contributed by atoms with van der Waals surface area (Å²) >= 11 is 0. The van der Waals surface area contributed by atoms with Crippen LogP contribution in [0, 0.1) is 5.92 Å². The maximum absolute atomic E-state index is 13.6. The highest BCUT2D eigenvalue weighted by molar-refractivity contribution is 5.91. The number of hydrogen-bond acceptors (Lipinski definition) is 4. The molecule has 1 saturated carbocycles. The molecule has 3 saturated heterocycles. The van der Waals surface area contributed by atoms with Crippen LogP contribution in [0.2, 0.25) is 0 Å². The lowest BCUT2D eigenvalue weighted by Crippen LogP contribution is -2.57. The number of carbonyl (C=O) groups excluding carboxylic acids is 2. The number of fused-ring (bicyclic) bond motifs is 1. The van der Waals surface area contributed by atoms with Crippen molar-refractivity contribution < 1.29 is 22.8 Å². The van der Waals surface area contributed by atoms with Gasteiger partial charge in [0.25, 0.3) is 0 Å². The zero-order chi connectivity index (χ0) is 23.3. The van der Waals surface area contributed by atoms with Crippen LogP contribution in [0.25, 0.3) is 0 Å². The number of nitrogens with zero attached hydrogens (tertiary/aromatic N) is 3. The fourth-order valence-electron chi connectivity index (χ4n) is 6.37. The number of amides is 2. The molecule has 6 nitrogen and oxygen atoms in total. The second kappa shape index (κ2) is 8.78. The van der Waals surface area contributed by atoms with Gasteiger partial charge in [0, 0.05) is 30.6 Å². The van der Waals surface area contributed by atoms with Crippen LogP contribution in [0.1, 0.15) is 71.1 Å². The van der Waals surface area contributed by atoms with Gasteiger partial charge in [0.15, 0.2) is 0 Å². The molecule has 32 heavy (non-hydrogen) atoms. The third-order valence-electron chi connectivity index (χ3n) is 8.20. The second-order valence-corrected chi connectivity index (χ2v) is 10.7. The summed E-state index contributed by atoms with van der Waals surface area (Å²) in [7, 11) is 1.86. The monoisotopic (exact) mass is 458 g/mol. The average Bonchev–Trinajstić information content (AvgIpc) is 3.22. The summed E-state index contributed by atoms with van der Waals surface area (Å²) in [6.45, 7) is 3.30. The summed E-state index contributed by atoms with van der Waals surface area (Å²) in [6.07, 6.45) is 1.54. The Morgan fingerprint density at radius 1 is 1.22 bits per heavy atom. The number of halogens is 3. The average molecular weight is 459 g/mol. The molecule has 0 radical (unpaired) electrons. The Bertz CT molecular complexity index is 727. The van der Waals surface area contributed by atoms with Gasteiger partial charge < -0.3 is 20.4 Å². The molecular formula is C23H37F3N4O2. The fraction of sp³-hybridized carbons (Fsp3) is 0.913. The maximum Gasteiger partial charge on any atom is 0.389 e. The van der Waals surface area contributed by atoms with E-state index in [1.807, 2.05) is 16.8 Å². The highest BCUT2D eigenvalue weighted by atomic mass is 19.4. The molecule has 4 rings (SSSR count). The molecule has 5 atom stereocenters. The van der Waals surface area contributed by atoms with E-state index < -0.39 is 24.7 Å². The maximum atomic E-state index is 13.6. The Hall–Kier alpha value is -1.35. The summed E-state index contributed by atoms with van der Waals surface area (Å²) in [5, 5.41) is 0. The molecule has 0 bridgehead atoms. The van der Waals surface area contributed by atoms with Crippen molar-refractivity contribution in [1.29, 1.82) is 0 Å². The van der Waals surface area contributed by atoms with Crippen LogP contribution in [-0.4, -0.2) is 82.5 Å². The lowest BCUT2D eigenvalue weighted by Gasteiger charge is -2.40. The number of alkyl halides is 3. The highest BCUT2D eigenvalue weighted by Gasteiger charge is 2.57. The van der Waals surface area contributed by atoms with E-state index in [4.69, 9.17) is 5.73 Å². The first-order chi connectivity index (χ1) is 15.0. The van der Waals surface area contributed by atoms with Gasteiger partial charge in [-0.15, -0.1) is 0 Å². The van der Waals surface area contributed by atoms with Gasteiger partial charge in [0.1, 0.15) is 6.04 Å². The van der Waals surface area contributed by atoms with Crippen LogP contribution in [0.3, 0.4) is 0 Å². The van der Waals surface area contributed by atoms with E-state index in [9.17, 15) is 22.8 Å². The Morgan fingerprint density at radius 3 is 2.59 bits per heavy atom. The first-order valence-corrected chi connectivity index (χ1v) is 12.2. The highest BCUT2D eigenvalue weighted by Crippen LogP contribution is 2.52. The molecule has 1 aliphatic carbocycles. The van der Waals surface area contributed by atoms with Gasteiger partial charge in [0.2, 0.25) is 11.8 Å². The Morgan fingerprint density at radius 2 is 1.94 bits per heavy atom. The molecule has 2 N–H and O–H groups in total. The van der Waals surface area contributed by atoms with Crippen LogP contribution in [0.15, 0.2) is 0 Å². The minimum Gasteiger partial charge on any atom is -0.335 e. The second-order valence-electron chi connectivity index (χ2n) is 10.7. The van der Waals surface area contributed by atoms with Gasteiger partial charge in [-0.1, -0.05) is 6.92 Å². The topological polar surface area (TPSA) is 69.9 Å². The smallest absolute Gasteiger partial charge is 0.335 e. The minimum atomic E-state index is -4.14. The van der Waals surface area contributed by atoms with Crippen LogP contribution in [0.4, 0.5) is 13.2 Å². The van der Waals surface area contributed by atoms with E-state index in [-0.39, 0.29) is 35.9 Å². The summed E-state index contributed by atoms with van der Waals surface area (Å²) in [5.41, 5.74) is 6.26. The molecule has 0 aromatic heterocycles. The van der Waals surface area contributed by atoms with Gasteiger partial charge in [-0.3, -0.25) is 9.59 Å². The molecule has 3 aliphatic heterocycles. The third kappa shape index (κ3) is 4.79. The van der Waals surface area contributed by atoms with Gasteiger partial charge in [-0.05, 0) is 77.3 Å². The van der Waals surface area contributed by atoms with Crippen molar-refractivity contribution in [2.75, 3.05) is 20.1 Å². The van der Waals surface area contributed by atoms with Gasteiger partial charge in [0.05, 0.1) is 6.04 Å². The molecule has 4 fully saturated rings. The van der Waals surface area contributed by atoms with Crippen molar-refractivity contribution in [2.45, 2.75) is 107 Å². The number of hydrogen-bond donors (Lipinski definition) is 1. The molecule has 9 heteroatoms. The van der Waals surface area contributed by atoms with Crippen molar-refractivity contribution >= 4 is 11.8 Å². The predicted molar refractivity (Wildman–Crippen MR) is 115 cm³/mol. The number of likely N-dealkylation sites (tertiary alicyclic amines) is 1. The lowest BCUT2D eigenvalue weighted by molar-refractivity contribution is -0.148. The Labute approximate surface area is 188 Å². The van der Waals surface area contributed by atoms with E-state index in [2.05, 4.69) is 6.92 Å². The van der Waals surface area contributed by atoms with Crippen molar-refractivity contribution in [1.82, 2.24) is 14.7 Å². The van der Waals surface area contributed by atoms with Crippen molar-refractivity contribution in [2.24, 2.45) is 11.7 Å². The molecule has 1 spiro atoms. The number of carbonyl (C=O) groups is 2. The molecule has 3 heterocycles. The van der Waals surface area contributed by atoms with E-state index in [0.717, 1.165) is 32.2 Å². The van der Waals surface area contributed by atoms with E-state index >= 15 is 0 Å². The van der Waals surface area contributed by atoms with Crippen molar-refractivity contribution in [3.05, 3.63) is 0 Å². The van der Waals surface area contributed by atoms with Crippen LogP contribution in [-0.2, 0) is 9.59 Å². The summed E-state index contributed by atoms with van der Waals surface area (Å²) in [5.74, 6) is 0.422. The standard InChI is InChI=1S/C23H37F3N4O2/c1-15-13-22(9-10-22)29(14-15)21(32)19-7-5-17-12-16(4-6-18(27)20(31)30(17)19)28(2)11-3-8-23(24,25)26/h15-19H,3-14,27H2,1-2H3/t15-,16+,17-,18+,19+/m1/s1. The van der Waals surface area contributed by atoms with Crippen LogP contribution in [0.5, 0.6) is 0 Å². The summed E-state index contributed by atoms with van der Waals surface area (Å²) in [6, 6.07) is -1.13. The quantitative estimate of drug-likeness (QED) is 0.688. The zero-order valence-corrected chi connectivity index (χ0v) is 19.2. The van der Waals surface area contributed by atoms with Crippen molar-refractivity contribution in [3.63, 3.8) is 0 Å². The third-order valence-corrected chi connectivity index (χ3v) is 8.20. The van der Waals surface area contributed by atoms with Gasteiger partial charge in [-0.2, -0.15) is 13.2 Å². The van der Waals surface area contributed by atoms with E-state index in [0.29, 0.717) is 38.1 Å². The SMILES string of the molecule is C[C@H]1CN(C(=O)[C@@H]2CC[C@@H]3C[C@@H](N(C)CCCC(F)(F)F)CC[C@H](N)C(=O)N32)C2(CC2)C1. The molecule has 0 aromatic rings. The zero-order valence-electron chi connectivity index (χ0n) is 19.2. The summed E-state index contributed by atoms with van der Waals surface area (Å²) in [4.78, 5) is 32.6. The van der Waals surface area contributed by atoms with Gasteiger partial charge in [-0.25, -0.2) is 0 Å². The molecule has 4 aliphatic rings. The number of rotatable bonds is 5. The number of nitrogens with two attached hydrogens (primary N) is 1. The summed E-state index contributed by atoms with van der Waals surface area (Å²) < 4.78 is 37.7. The largest absolute Gasteiger partial charge is 0.389 e. The molecule has 0 aromatic carbocycles. The predicted octanol–water partition coefficient (Wildman–Crippen LogP) is 2.90.